The average Bonchev–Trinajstić information content (AvgIpc) is 3.12. The summed E-state index contributed by atoms with van der Waals surface area (Å²) in [6.07, 6.45) is 1.53. The SMILES string of the molecule is COc1cc(C=C2SC(=O)N(Cc3c(F)cccc3Cl)C2=O)ccc1OCc1cccc([N+](=O)[O-])c1. The fraction of sp³-hybridized carbons (Fsp3) is 0.120. The van der Waals surface area contributed by atoms with Crippen LogP contribution in [0.1, 0.15) is 16.7 Å². The van der Waals surface area contributed by atoms with Crippen molar-refractivity contribution in [2.75, 3.05) is 7.11 Å². The number of benzene rings is 3. The van der Waals surface area contributed by atoms with E-state index < -0.39 is 21.9 Å². The van der Waals surface area contributed by atoms with Crippen molar-refractivity contribution in [2.45, 2.75) is 13.2 Å². The summed E-state index contributed by atoms with van der Waals surface area (Å²) in [5, 5.41) is 10.6. The van der Waals surface area contributed by atoms with Gasteiger partial charge >= 0.3 is 0 Å². The number of hydrogen-bond donors (Lipinski definition) is 0. The van der Waals surface area contributed by atoms with Crippen LogP contribution in [0.5, 0.6) is 11.5 Å². The molecule has 1 heterocycles. The van der Waals surface area contributed by atoms with Gasteiger partial charge in [-0.15, -0.1) is 0 Å². The Morgan fingerprint density at radius 2 is 1.89 bits per heavy atom. The van der Waals surface area contributed by atoms with Crippen LogP contribution in [0.25, 0.3) is 6.08 Å². The van der Waals surface area contributed by atoms with Gasteiger partial charge in [-0.1, -0.05) is 35.9 Å². The molecule has 0 atom stereocenters. The second-order valence-electron chi connectivity index (χ2n) is 7.59. The number of hydrogen-bond acceptors (Lipinski definition) is 7. The van der Waals surface area contributed by atoms with E-state index in [2.05, 4.69) is 0 Å². The van der Waals surface area contributed by atoms with Crippen LogP contribution in [0.4, 0.5) is 14.9 Å². The van der Waals surface area contributed by atoms with Gasteiger partial charge in [0.2, 0.25) is 0 Å². The molecule has 1 aliphatic rings. The van der Waals surface area contributed by atoms with E-state index in [0.29, 0.717) is 22.6 Å². The van der Waals surface area contributed by atoms with E-state index in [4.69, 9.17) is 21.1 Å². The number of imide groups is 1. The Balaban J connectivity index is 1.50. The van der Waals surface area contributed by atoms with Crippen LogP contribution in [-0.4, -0.2) is 28.1 Å². The quantitative estimate of drug-likeness (QED) is 0.195. The summed E-state index contributed by atoms with van der Waals surface area (Å²) < 4.78 is 25.3. The lowest BCUT2D eigenvalue weighted by atomic mass is 10.1. The Hall–Kier alpha value is -3.89. The summed E-state index contributed by atoms with van der Waals surface area (Å²) in [5.74, 6) is -0.403. The van der Waals surface area contributed by atoms with E-state index >= 15 is 0 Å². The first kappa shape index (κ1) is 25.2. The zero-order valence-corrected chi connectivity index (χ0v) is 20.3. The topological polar surface area (TPSA) is 99.0 Å². The molecule has 3 aromatic carbocycles. The van der Waals surface area contributed by atoms with Crippen molar-refractivity contribution >= 4 is 46.3 Å². The molecule has 36 heavy (non-hydrogen) atoms. The lowest BCUT2D eigenvalue weighted by Crippen LogP contribution is -2.28. The maximum absolute atomic E-state index is 14.1. The van der Waals surface area contributed by atoms with Gasteiger partial charge in [0.15, 0.2) is 11.5 Å². The van der Waals surface area contributed by atoms with Crippen molar-refractivity contribution in [3.8, 4) is 11.5 Å². The van der Waals surface area contributed by atoms with E-state index in [9.17, 15) is 24.1 Å². The molecular formula is C25H18ClFN2O6S. The summed E-state index contributed by atoms with van der Waals surface area (Å²) in [5.41, 5.74) is 1.21. The molecule has 0 aromatic heterocycles. The Kier molecular flexibility index (Phi) is 7.56. The molecule has 0 spiro atoms. The normalized spacial score (nSPS) is 14.4. The number of rotatable bonds is 8. The minimum atomic E-state index is -0.601. The highest BCUT2D eigenvalue weighted by atomic mass is 35.5. The maximum atomic E-state index is 14.1. The van der Waals surface area contributed by atoms with Crippen LogP contribution < -0.4 is 9.47 Å². The second-order valence-corrected chi connectivity index (χ2v) is 8.99. The molecule has 8 nitrogen and oxygen atoms in total. The molecule has 0 bridgehead atoms. The van der Waals surface area contributed by atoms with Crippen molar-refractivity contribution in [2.24, 2.45) is 0 Å². The summed E-state index contributed by atoms with van der Waals surface area (Å²) in [7, 11) is 1.45. The smallest absolute Gasteiger partial charge is 0.293 e. The van der Waals surface area contributed by atoms with Crippen LogP contribution in [0.2, 0.25) is 5.02 Å². The summed E-state index contributed by atoms with van der Waals surface area (Å²) in [6, 6.07) is 15.2. The Labute approximate surface area is 214 Å². The van der Waals surface area contributed by atoms with Crippen LogP contribution in [0, 0.1) is 15.9 Å². The van der Waals surface area contributed by atoms with Gasteiger partial charge in [-0.3, -0.25) is 24.6 Å². The minimum Gasteiger partial charge on any atom is -0.493 e. The van der Waals surface area contributed by atoms with Crippen molar-refractivity contribution < 1.29 is 28.4 Å². The first-order valence-electron chi connectivity index (χ1n) is 10.5. The third-order valence-electron chi connectivity index (χ3n) is 5.25. The number of nitrogens with zero attached hydrogens (tertiary/aromatic N) is 2. The van der Waals surface area contributed by atoms with Gasteiger partial charge in [-0.25, -0.2) is 4.39 Å². The van der Waals surface area contributed by atoms with E-state index in [1.807, 2.05) is 0 Å². The van der Waals surface area contributed by atoms with E-state index in [1.54, 1.807) is 30.3 Å². The molecule has 0 unspecified atom stereocenters. The predicted molar refractivity (Wildman–Crippen MR) is 133 cm³/mol. The third kappa shape index (κ3) is 5.50. The van der Waals surface area contributed by atoms with E-state index in [1.165, 1.54) is 43.5 Å². The van der Waals surface area contributed by atoms with Gasteiger partial charge in [0.25, 0.3) is 16.8 Å². The van der Waals surface area contributed by atoms with Crippen LogP contribution in [-0.2, 0) is 17.9 Å². The first-order chi connectivity index (χ1) is 17.3. The van der Waals surface area contributed by atoms with Gasteiger partial charge in [0.1, 0.15) is 12.4 Å². The van der Waals surface area contributed by atoms with Crippen molar-refractivity contribution in [3.63, 3.8) is 0 Å². The van der Waals surface area contributed by atoms with Gasteiger partial charge in [0, 0.05) is 22.7 Å². The van der Waals surface area contributed by atoms with Crippen molar-refractivity contribution in [1.82, 2.24) is 4.90 Å². The molecule has 1 aliphatic heterocycles. The highest BCUT2D eigenvalue weighted by molar-refractivity contribution is 8.18. The van der Waals surface area contributed by atoms with Gasteiger partial charge in [0.05, 0.1) is 23.5 Å². The number of methoxy groups -OCH3 is 1. The number of amides is 2. The molecule has 1 saturated heterocycles. The highest BCUT2D eigenvalue weighted by Crippen LogP contribution is 2.36. The Morgan fingerprint density at radius 1 is 1.11 bits per heavy atom. The number of thioether (sulfide) groups is 1. The molecule has 1 fully saturated rings. The van der Waals surface area contributed by atoms with Crippen LogP contribution in [0.3, 0.4) is 0 Å². The van der Waals surface area contributed by atoms with Crippen molar-refractivity contribution in [1.29, 1.82) is 0 Å². The maximum Gasteiger partial charge on any atom is 0.293 e. The number of carbonyl (C=O) groups is 2. The average molecular weight is 529 g/mol. The minimum absolute atomic E-state index is 0.0374. The molecule has 0 radical (unpaired) electrons. The number of halogens is 2. The lowest BCUT2D eigenvalue weighted by Gasteiger charge is -2.14. The first-order valence-corrected chi connectivity index (χ1v) is 11.7. The van der Waals surface area contributed by atoms with E-state index in [0.717, 1.165) is 16.7 Å². The summed E-state index contributed by atoms with van der Waals surface area (Å²) in [6.45, 7) is -0.198. The monoisotopic (exact) mass is 528 g/mol. The van der Waals surface area contributed by atoms with E-state index in [-0.39, 0.29) is 34.3 Å². The zero-order chi connectivity index (χ0) is 25.8. The fourth-order valence-electron chi connectivity index (χ4n) is 3.44. The largest absolute Gasteiger partial charge is 0.493 e. The molecule has 3 aromatic rings. The Bertz CT molecular complexity index is 1380. The lowest BCUT2D eigenvalue weighted by molar-refractivity contribution is -0.384. The Morgan fingerprint density at radius 3 is 2.61 bits per heavy atom. The van der Waals surface area contributed by atoms with Gasteiger partial charge < -0.3 is 9.47 Å². The molecule has 0 saturated carbocycles. The van der Waals surface area contributed by atoms with Crippen molar-refractivity contribution in [3.05, 3.63) is 103 Å². The van der Waals surface area contributed by atoms with Gasteiger partial charge in [-0.2, -0.15) is 0 Å². The van der Waals surface area contributed by atoms with Gasteiger partial charge in [-0.05, 0) is 53.2 Å². The number of nitro benzene ring substituents is 1. The van der Waals surface area contributed by atoms with Crippen LogP contribution in [0.15, 0.2) is 65.6 Å². The summed E-state index contributed by atoms with van der Waals surface area (Å²) >= 11 is 6.78. The zero-order valence-electron chi connectivity index (χ0n) is 18.8. The number of nitro groups is 1. The standard InChI is InChI=1S/C25H18ClFN2O6S/c1-34-22-11-15(8-9-21(22)35-14-16-4-2-5-17(10-16)29(32)33)12-23-24(30)28(25(31)36-23)13-18-19(26)6-3-7-20(18)27/h2-12H,13-14H2,1H3. The molecular weight excluding hydrogens is 511 g/mol. The predicted octanol–water partition coefficient (Wildman–Crippen LogP) is 6.21. The number of ether oxygens (including phenoxy) is 2. The molecule has 0 N–H and O–H groups in total. The summed E-state index contributed by atoms with van der Waals surface area (Å²) in [4.78, 5) is 36.9. The molecule has 11 heteroatoms. The number of non-ortho nitro benzene ring substituents is 1. The highest BCUT2D eigenvalue weighted by Gasteiger charge is 2.36. The second kappa shape index (κ2) is 10.8. The molecule has 4 rings (SSSR count). The number of carbonyl (C=O) groups excluding carboxylic acids is 2. The fourth-order valence-corrected chi connectivity index (χ4v) is 4.50. The van der Waals surface area contributed by atoms with Crippen LogP contribution >= 0.6 is 23.4 Å². The molecule has 0 aliphatic carbocycles. The molecule has 184 valence electrons. The molecule has 2 amide bonds. The third-order valence-corrected chi connectivity index (χ3v) is 6.51.